The summed E-state index contributed by atoms with van der Waals surface area (Å²) in [4.78, 5) is 18.4. The number of hydrogen-bond acceptors (Lipinski definition) is 4. The number of nitrogens with one attached hydrogen (secondary N) is 1. The molecule has 5 heteroatoms. The van der Waals surface area contributed by atoms with Crippen molar-refractivity contribution in [2.45, 2.75) is 26.4 Å². The van der Waals surface area contributed by atoms with Crippen LogP contribution < -0.4 is 5.32 Å². The van der Waals surface area contributed by atoms with Crippen molar-refractivity contribution >= 4 is 11.6 Å². The van der Waals surface area contributed by atoms with Crippen LogP contribution in [-0.2, 0) is 11.3 Å². The molecule has 0 unspecified atom stereocenters. The minimum atomic E-state index is -0.298. The van der Waals surface area contributed by atoms with E-state index in [-0.39, 0.29) is 17.5 Å². The highest BCUT2D eigenvalue weighted by atomic mass is 16.2. The number of pyridine rings is 1. The van der Waals surface area contributed by atoms with E-state index >= 15 is 0 Å². The smallest absolute Gasteiger partial charge is 0.266 e. The molecule has 1 N–H and O–H groups in total. The van der Waals surface area contributed by atoms with Gasteiger partial charge in [0.05, 0.1) is 11.9 Å². The van der Waals surface area contributed by atoms with Gasteiger partial charge < -0.3 is 10.2 Å². The molecule has 0 spiro atoms. The highest BCUT2D eigenvalue weighted by Crippen LogP contribution is 2.13. The summed E-state index contributed by atoms with van der Waals surface area (Å²) in [5, 5.41) is 12.3. The zero-order valence-corrected chi connectivity index (χ0v) is 13.8. The Morgan fingerprint density at radius 1 is 1.29 bits per heavy atom. The van der Waals surface area contributed by atoms with Crippen molar-refractivity contribution in [1.82, 2.24) is 9.88 Å². The summed E-state index contributed by atoms with van der Waals surface area (Å²) in [6.45, 7) is 4.33. The summed E-state index contributed by atoms with van der Waals surface area (Å²) in [7, 11) is 0. The highest BCUT2D eigenvalue weighted by Gasteiger charge is 2.21. The molecular weight excluding hydrogens is 300 g/mol. The summed E-state index contributed by atoms with van der Waals surface area (Å²) in [6.07, 6.45) is 4.71. The summed E-state index contributed by atoms with van der Waals surface area (Å²) < 4.78 is 0. The van der Waals surface area contributed by atoms with E-state index in [4.69, 9.17) is 0 Å². The molecular formula is C19H20N4O. The first-order valence-corrected chi connectivity index (χ1v) is 7.73. The number of aromatic nitrogens is 1. The van der Waals surface area contributed by atoms with Gasteiger partial charge in [0.2, 0.25) is 0 Å². The first-order valence-electron chi connectivity index (χ1n) is 7.73. The molecule has 0 atom stereocenters. The number of rotatable bonds is 6. The topological polar surface area (TPSA) is 69.0 Å². The van der Waals surface area contributed by atoms with Crippen LogP contribution in [0.15, 0.2) is 66.6 Å². The second-order valence-electron chi connectivity index (χ2n) is 5.57. The van der Waals surface area contributed by atoms with Crippen LogP contribution in [0.25, 0.3) is 0 Å². The highest BCUT2D eigenvalue weighted by molar-refractivity contribution is 5.97. The van der Waals surface area contributed by atoms with E-state index in [1.807, 2.05) is 56.3 Å². The fourth-order valence-corrected chi connectivity index (χ4v) is 2.17. The lowest BCUT2D eigenvalue weighted by Gasteiger charge is -2.26. The average molecular weight is 320 g/mol. The second kappa shape index (κ2) is 8.49. The molecule has 0 fully saturated rings. The predicted octanol–water partition coefficient (Wildman–Crippen LogP) is 3.34. The maximum Gasteiger partial charge on any atom is 0.266 e. The van der Waals surface area contributed by atoms with Crippen molar-refractivity contribution in [3.05, 3.63) is 72.2 Å². The lowest BCUT2D eigenvalue weighted by molar-refractivity contribution is -0.129. The number of benzene rings is 1. The molecule has 1 aromatic carbocycles. The third-order valence-corrected chi connectivity index (χ3v) is 3.48. The maximum atomic E-state index is 12.7. The van der Waals surface area contributed by atoms with Crippen LogP contribution in [0.1, 0.15) is 19.4 Å². The van der Waals surface area contributed by atoms with Gasteiger partial charge in [0.1, 0.15) is 11.6 Å². The summed E-state index contributed by atoms with van der Waals surface area (Å²) in [6, 6.07) is 15.3. The fraction of sp³-hybridized carbons (Fsp3) is 0.211. The Balaban J connectivity index is 2.16. The van der Waals surface area contributed by atoms with E-state index in [9.17, 15) is 10.1 Å². The zero-order valence-electron chi connectivity index (χ0n) is 13.8. The standard InChI is InChI=1S/C19H20N4O/c1-15(2)23(14-16-7-4-3-5-8-16)19(24)17(11-20)12-22-18-9-6-10-21-13-18/h3-10,12-13,15,22H,14H2,1-2H3/b17-12-. The SMILES string of the molecule is CC(C)N(Cc1ccccc1)C(=O)/C(C#N)=C\Nc1cccnc1. The van der Waals surface area contributed by atoms with Gasteiger partial charge >= 0.3 is 0 Å². The number of anilines is 1. The van der Waals surface area contributed by atoms with Gasteiger partial charge in [-0.05, 0) is 31.5 Å². The van der Waals surface area contributed by atoms with Gasteiger partial charge in [-0.1, -0.05) is 30.3 Å². The summed E-state index contributed by atoms with van der Waals surface area (Å²) in [5.41, 5.74) is 1.80. The van der Waals surface area contributed by atoms with E-state index in [1.54, 1.807) is 23.4 Å². The van der Waals surface area contributed by atoms with Crippen molar-refractivity contribution in [2.24, 2.45) is 0 Å². The molecule has 0 bridgehead atoms. The predicted molar refractivity (Wildman–Crippen MR) is 93.7 cm³/mol. The van der Waals surface area contributed by atoms with Crippen molar-refractivity contribution in [3.8, 4) is 6.07 Å². The van der Waals surface area contributed by atoms with Gasteiger partial charge in [-0.15, -0.1) is 0 Å². The monoisotopic (exact) mass is 320 g/mol. The Morgan fingerprint density at radius 3 is 2.62 bits per heavy atom. The number of nitrogens with zero attached hydrogens (tertiary/aromatic N) is 3. The molecule has 5 nitrogen and oxygen atoms in total. The molecule has 0 aliphatic carbocycles. The molecule has 24 heavy (non-hydrogen) atoms. The Morgan fingerprint density at radius 2 is 2.04 bits per heavy atom. The van der Waals surface area contributed by atoms with E-state index in [0.717, 1.165) is 11.3 Å². The molecule has 0 radical (unpaired) electrons. The number of nitriles is 1. The van der Waals surface area contributed by atoms with E-state index in [2.05, 4.69) is 10.3 Å². The van der Waals surface area contributed by atoms with Crippen LogP contribution in [0, 0.1) is 11.3 Å². The molecule has 0 aliphatic rings. The average Bonchev–Trinajstić information content (AvgIpc) is 2.61. The molecule has 1 aromatic heterocycles. The van der Waals surface area contributed by atoms with Gasteiger partial charge in [-0.2, -0.15) is 5.26 Å². The third kappa shape index (κ3) is 4.68. The first kappa shape index (κ1) is 17.2. The Labute approximate surface area is 142 Å². The third-order valence-electron chi connectivity index (χ3n) is 3.48. The quantitative estimate of drug-likeness (QED) is 0.654. The summed E-state index contributed by atoms with van der Waals surface area (Å²) in [5.74, 6) is -0.298. The van der Waals surface area contributed by atoms with E-state index in [0.29, 0.717) is 6.54 Å². The number of carbonyl (C=O) groups excluding carboxylic acids is 1. The zero-order chi connectivity index (χ0) is 17.4. The number of carbonyl (C=O) groups is 1. The van der Waals surface area contributed by atoms with E-state index < -0.39 is 0 Å². The summed E-state index contributed by atoms with van der Waals surface area (Å²) >= 11 is 0. The van der Waals surface area contributed by atoms with Crippen LogP contribution in [0.5, 0.6) is 0 Å². The normalized spacial score (nSPS) is 11.0. The van der Waals surface area contributed by atoms with Gasteiger partial charge in [0, 0.05) is 25.0 Å². The fourth-order valence-electron chi connectivity index (χ4n) is 2.17. The lowest BCUT2D eigenvalue weighted by atomic mass is 10.1. The van der Waals surface area contributed by atoms with Gasteiger partial charge in [0.25, 0.3) is 5.91 Å². The molecule has 0 aliphatic heterocycles. The van der Waals surface area contributed by atoms with Crippen LogP contribution in [0.4, 0.5) is 5.69 Å². The molecule has 122 valence electrons. The van der Waals surface area contributed by atoms with Crippen molar-refractivity contribution in [3.63, 3.8) is 0 Å². The molecule has 0 saturated carbocycles. The largest absolute Gasteiger partial charge is 0.359 e. The lowest BCUT2D eigenvalue weighted by Crippen LogP contribution is -2.37. The Bertz CT molecular complexity index is 733. The number of hydrogen-bond donors (Lipinski definition) is 1. The molecule has 1 amide bonds. The molecule has 0 saturated heterocycles. The Kier molecular flexibility index (Phi) is 6.09. The van der Waals surface area contributed by atoms with E-state index in [1.165, 1.54) is 6.20 Å². The minimum Gasteiger partial charge on any atom is -0.359 e. The van der Waals surface area contributed by atoms with Crippen LogP contribution in [-0.4, -0.2) is 21.8 Å². The van der Waals surface area contributed by atoms with Gasteiger partial charge in [0.15, 0.2) is 0 Å². The first-order chi connectivity index (χ1) is 11.6. The van der Waals surface area contributed by atoms with Crippen LogP contribution in [0.2, 0.25) is 0 Å². The molecule has 2 aromatic rings. The van der Waals surface area contributed by atoms with Crippen molar-refractivity contribution < 1.29 is 4.79 Å². The maximum absolute atomic E-state index is 12.7. The van der Waals surface area contributed by atoms with Crippen LogP contribution >= 0.6 is 0 Å². The molecule has 2 rings (SSSR count). The van der Waals surface area contributed by atoms with Crippen molar-refractivity contribution in [1.29, 1.82) is 5.26 Å². The molecule has 1 heterocycles. The number of amides is 1. The van der Waals surface area contributed by atoms with Crippen LogP contribution in [0.3, 0.4) is 0 Å². The van der Waals surface area contributed by atoms with Gasteiger partial charge in [-0.25, -0.2) is 0 Å². The minimum absolute atomic E-state index is 0.0205. The Hall–Kier alpha value is -3.13. The van der Waals surface area contributed by atoms with Gasteiger partial charge in [-0.3, -0.25) is 9.78 Å². The second-order valence-corrected chi connectivity index (χ2v) is 5.57. The van der Waals surface area contributed by atoms with Crippen molar-refractivity contribution in [2.75, 3.05) is 5.32 Å².